The molecule has 1 aromatic heterocycles. The van der Waals surface area contributed by atoms with Crippen molar-refractivity contribution < 1.29 is 14.3 Å². The maximum atomic E-state index is 12.5. The fourth-order valence-electron chi connectivity index (χ4n) is 3.05. The van der Waals surface area contributed by atoms with Crippen molar-refractivity contribution in [3.05, 3.63) is 48.3 Å². The van der Waals surface area contributed by atoms with Crippen LogP contribution in [0.1, 0.15) is 32.4 Å². The first-order chi connectivity index (χ1) is 12.3. The van der Waals surface area contributed by atoms with Crippen LogP contribution < -0.4 is 5.73 Å². The van der Waals surface area contributed by atoms with E-state index in [1.165, 1.54) is 0 Å². The van der Waals surface area contributed by atoms with Gasteiger partial charge in [-0.3, -0.25) is 4.68 Å². The van der Waals surface area contributed by atoms with E-state index in [1.54, 1.807) is 22.0 Å². The average Bonchev–Trinajstić information content (AvgIpc) is 3.01. The Balaban J connectivity index is 1.84. The van der Waals surface area contributed by atoms with Crippen LogP contribution in [0.5, 0.6) is 0 Å². The Labute approximate surface area is 153 Å². The molecule has 0 radical (unpaired) electrons. The molecular weight excluding hydrogens is 332 g/mol. The number of nitrogens with two attached hydrogens (primary N) is 1. The summed E-state index contributed by atoms with van der Waals surface area (Å²) in [7, 11) is 0. The number of aromatic nitrogens is 2. The number of rotatable bonds is 3. The third-order valence-corrected chi connectivity index (χ3v) is 4.14. The summed E-state index contributed by atoms with van der Waals surface area (Å²) in [5, 5.41) is 4.37. The lowest BCUT2D eigenvalue weighted by molar-refractivity contribution is -0.0563. The molecule has 1 aliphatic heterocycles. The molecule has 2 atom stereocenters. The van der Waals surface area contributed by atoms with Crippen LogP contribution in [0.15, 0.2) is 42.7 Å². The van der Waals surface area contributed by atoms with E-state index in [4.69, 9.17) is 15.2 Å². The molecule has 3 rings (SSSR count). The number of amides is 1. The van der Waals surface area contributed by atoms with E-state index >= 15 is 0 Å². The quantitative estimate of drug-likeness (QED) is 0.912. The second kappa shape index (κ2) is 7.37. The van der Waals surface area contributed by atoms with E-state index in [0.717, 1.165) is 5.56 Å². The fourth-order valence-corrected chi connectivity index (χ4v) is 3.05. The zero-order chi connectivity index (χ0) is 18.7. The molecular formula is C19H26N4O3. The number of nitrogens with zero attached hydrogens (tertiary/aromatic N) is 3. The van der Waals surface area contributed by atoms with Crippen LogP contribution in [-0.4, -0.2) is 52.2 Å². The van der Waals surface area contributed by atoms with Gasteiger partial charge in [-0.1, -0.05) is 30.3 Å². The largest absolute Gasteiger partial charge is 0.444 e. The van der Waals surface area contributed by atoms with Gasteiger partial charge in [-0.2, -0.15) is 5.10 Å². The monoisotopic (exact) mass is 358 g/mol. The summed E-state index contributed by atoms with van der Waals surface area (Å²) < 4.78 is 13.3. The lowest BCUT2D eigenvalue weighted by Crippen LogP contribution is -2.50. The molecule has 2 heterocycles. The number of benzene rings is 1. The average molecular weight is 358 g/mol. The fraction of sp³-hybridized carbons (Fsp3) is 0.474. The first-order valence-corrected chi connectivity index (χ1v) is 8.77. The normalized spacial score (nSPS) is 19.2. The van der Waals surface area contributed by atoms with Gasteiger partial charge in [-0.15, -0.1) is 0 Å². The van der Waals surface area contributed by atoms with Crippen molar-refractivity contribution in [2.45, 2.75) is 38.5 Å². The van der Waals surface area contributed by atoms with Crippen molar-refractivity contribution in [1.29, 1.82) is 0 Å². The molecule has 26 heavy (non-hydrogen) atoms. The zero-order valence-corrected chi connectivity index (χ0v) is 15.5. The Bertz CT molecular complexity index is 739. The Kier molecular flexibility index (Phi) is 5.18. The minimum Gasteiger partial charge on any atom is -0.444 e. The molecule has 1 aliphatic rings. The van der Waals surface area contributed by atoms with Crippen LogP contribution in [0.2, 0.25) is 0 Å². The first-order valence-electron chi connectivity index (χ1n) is 8.77. The van der Waals surface area contributed by atoms with E-state index in [9.17, 15) is 4.79 Å². The van der Waals surface area contributed by atoms with Gasteiger partial charge in [0.15, 0.2) is 0 Å². The molecule has 7 heteroatoms. The van der Waals surface area contributed by atoms with Crippen molar-refractivity contribution in [2.24, 2.45) is 0 Å². The van der Waals surface area contributed by atoms with Crippen LogP contribution in [0.3, 0.4) is 0 Å². The van der Waals surface area contributed by atoms with Crippen LogP contribution in [0, 0.1) is 0 Å². The van der Waals surface area contributed by atoms with E-state index in [-0.39, 0.29) is 18.2 Å². The molecule has 1 fully saturated rings. The number of morpholine rings is 1. The van der Waals surface area contributed by atoms with Crippen molar-refractivity contribution in [2.75, 3.05) is 25.4 Å². The summed E-state index contributed by atoms with van der Waals surface area (Å²) in [5.74, 6) is 0. The molecule has 7 nitrogen and oxygen atoms in total. The number of carbonyl (C=O) groups excluding carboxylic acids is 1. The van der Waals surface area contributed by atoms with Gasteiger partial charge in [-0.05, 0) is 26.3 Å². The lowest BCUT2D eigenvalue weighted by Gasteiger charge is -2.37. The van der Waals surface area contributed by atoms with Gasteiger partial charge in [0.2, 0.25) is 0 Å². The predicted octanol–water partition coefficient (Wildman–Crippen LogP) is 2.69. The molecule has 1 saturated heterocycles. The molecule has 140 valence electrons. The third-order valence-electron chi connectivity index (χ3n) is 4.14. The highest BCUT2D eigenvalue weighted by molar-refractivity contribution is 5.68. The van der Waals surface area contributed by atoms with Crippen molar-refractivity contribution >= 4 is 11.8 Å². The Morgan fingerprint density at radius 2 is 2.08 bits per heavy atom. The summed E-state index contributed by atoms with van der Waals surface area (Å²) in [5.41, 5.74) is 6.97. The molecule has 0 aliphatic carbocycles. The SMILES string of the molecule is CC(C)(C)OC(=O)N1CCOC(C(c2ccccc2)n2cc(N)cn2)C1. The molecule has 0 bridgehead atoms. The number of hydrogen-bond donors (Lipinski definition) is 1. The van der Waals surface area contributed by atoms with Gasteiger partial charge in [0, 0.05) is 12.7 Å². The first kappa shape index (κ1) is 18.3. The van der Waals surface area contributed by atoms with Crippen LogP contribution in [0.4, 0.5) is 10.5 Å². The van der Waals surface area contributed by atoms with Gasteiger partial charge in [0.25, 0.3) is 0 Å². The molecule has 2 N–H and O–H groups in total. The smallest absolute Gasteiger partial charge is 0.410 e. The summed E-state index contributed by atoms with van der Waals surface area (Å²) >= 11 is 0. The van der Waals surface area contributed by atoms with Crippen molar-refractivity contribution in [3.8, 4) is 0 Å². The summed E-state index contributed by atoms with van der Waals surface area (Å²) in [4.78, 5) is 14.2. The molecule has 0 spiro atoms. The molecule has 2 unspecified atom stereocenters. The highest BCUT2D eigenvalue weighted by Gasteiger charge is 2.34. The van der Waals surface area contributed by atoms with Crippen LogP contribution in [-0.2, 0) is 9.47 Å². The topological polar surface area (TPSA) is 82.6 Å². The van der Waals surface area contributed by atoms with Gasteiger partial charge in [0.1, 0.15) is 17.7 Å². The zero-order valence-electron chi connectivity index (χ0n) is 15.5. The maximum Gasteiger partial charge on any atom is 0.410 e. The number of nitrogen functional groups attached to an aromatic ring is 1. The number of carbonyl (C=O) groups is 1. The van der Waals surface area contributed by atoms with Gasteiger partial charge in [0.05, 0.1) is 25.0 Å². The second-order valence-corrected chi connectivity index (χ2v) is 7.44. The van der Waals surface area contributed by atoms with Gasteiger partial charge < -0.3 is 20.1 Å². The van der Waals surface area contributed by atoms with Crippen LogP contribution >= 0.6 is 0 Å². The molecule has 2 aromatic rings. The van der Waals surface area contributed by atoms with Gasteiger partial charge in [-0.25, -0.2) is 4.79 Å². The number of hydrogen-bond acceptors (Lipinski definition) is 5. The van der Waals surface area contributed by atoms with Crippen molar-refractivity contribution in [3.63, 3.8) is 0 Å². The number of anilines is 1. The van der Waals surface area contributed by atoms with E-state index in [2.05, 4.69) is 5.10 Å². The minimum atomic E-state index is -0.528. The minimum absolute atomic E-state index is 0.182. The lowest BCUT2D eigenvalue weighted by atomic mass is 10.00. The summed E-state index contributed by atoms with van der Waals surface area (Å²) in [6, 6.07) is 9.79. The van der Waals surface area contributed by atoms with Crippen LogP contribution in [0.25, 0.3) is 0 Å². The molecule has 1 amide bonds. The van der Waals surface area contributed by atoms with E-state index < -0.39 is 5.60 Å². The van der Waals surface area contributed by atoms with E-state index in [0.29, 0.717) is 25.4 Å². The summed E-state index contributed by atoms with van der Waals surface area (Å²) in [6.07, 6.45) is 2.83. The third kappa shape index (κ3) is 4.35. The van der Waals surface area contributed by atoms with Crippen molar-refractivity contribution in [1.82, 2.24) is 14.7 Å². The Hall–Kier alpha value is -2.54. The predicted molar refractivity (Wildman–Crippen MR) is 98.8 cm³/mol. The standard InChI is InChI=1S/C19H26N4O3/c1-19(2,3)26-18(24)22-9-10-25-16(13-22)17(14-7-5-4-6-8-14)23-12-15(20)11-21-23/h4-8,11-12,16-17H,9-10,13,20H2,1-3H3. The highest BCUT2D eigenvalue weighted by Crippen LogP contribution is 2.27. The second-order valence-electron chi connectivity index (χ2n) is 7.44. The maximum absolute atomic E-state index is 12.5. The summed E-state index contributed by atoms with van der Waals surface area (Å²) in [6.45, 7) is 6.97. The van der Waals surface area contributed by atoms with Gasteiger partial charge >= 0.3 is 6.09 Å². The highest BCUT2D eigenvalue weighted by atomic mass is 16.6. The Morgan fingerprint density at radius 1 is 1.35 bits per heavy atom. The number of ether oxygens (including phenoxy) is 2. The molecule has 0 saturated carbocycles. The molecule has 1 aromatic carbocycles. The van der Waals surface area contributed by atoms with E-state index in [1.807, 2.05) is 51.1 Å². The Morgan fingerprint density at radius 3 is 2.69 bits per heavy atom.